The van der Waals surface area contributed by atoms with E-state index in [0.717, 1.165) is 12.0 Å². The first-order chi connectivity index (χ1) is 11.5. The van der Waals surface area contributed by atoms with Gasteiger partial charge in [0, 0.05) is 22.5 Å². The zero-order valence-corrected chi connectivity index (χ0v) is 15.4. The van der Waals surface area contributed by atoms with Gasteiger partial charge in [-0.1, -0.05) is 36.2 Å². The lowest BCUT2D eigenvalue weighted by atomic mass is 9.89. The van der Waals surface area contributed by atoms with E-state index in [4.69, 9.17) is 32.7 Å². The average molecular weight is 367 g/mol. The number of carbonyl (C=O) groups is 1. The van der Waals surface area contributed by atoms with Crippen LogP contribution in [0, 0.1) is 0 Å². The van der Waals surface area contributed by atoms with Crippen molar-refractivity contribution >= 4 is 29.0 Å². The van der Waals surface area contributed by atoms with Gasteiger partial charge in [-0.3, -0.25) is 4.79 Å². The van der Waals surface area contributed by atoms with Gasteiger partial charge in [-0.15, -0.1) is 0 Å². The Bertz CT molecular complexity index is 729. The van der Waals surface area contributed by atoms with Crippen molar-refractivity contribution in [3.8, 4) is 11.5 Å². The smallest absolute Gasteiger partial charge is 0.167 e. The molecule has 2 rings (SSSR count). The van der Waals surface area contributed by atoms with E-state index in [1.807, 2.05) is 13.0 Å². The maximum absolute atomic E-state index is 12.8. The number of benzene rings is 2. The Balaban J connectivity index is 2.26. The zero-order valence-electron chi connectivity index (χ0n) is 13.9. The topological polar surface area (TPSA) is 35.5 Å². The first kappa shape index (κ1) is 18.6. The summed E-state index contributed by atoms with van der Waals surface area (Å²) in [5.41, 5.74) is 1.48. The van der Waals surface area contributed by atoms with E-state index in [-0.39, 0.29) is 11.7 Å². The second-order valence-corrected chi connectivity index (χ2v) is 6.31. The summed E-state index contributed by atoms with van der Waals surface area (Å²) in [6.07, 6.45) is 1.14. The van der Waals surface area contributed by atoms with Crippen molar-refractivity contribution in [2.45, 2.75) is 25.7 Å². The van der Waals surface area contributed by atoms with Gasteiger partial charge < -0.3 is 9.47 Å². The Labute approximate surface area is 152 Å². The van der Waals surface area contributed by atoms with Gasteiger partial charge in [0.25, 0.3) is 0 Å². The standard InChI is InChI=1S/C19H20Cl2O3/c1-4-12(15-7-5-13(20)10-17(15)21)9-18(22)16-8-6-14(23-2)11-19(16)24-3/h5-8,10-12H,4,9H2,1-3H3. The number of hydrogen-bond donors (Lipinski definition) is 0. The van der Waals surface area contributed by atoms with E-state index in [1.165, 1.54) is 0 Å². The molecule has 0 saturated heterocycles. The van der Waals surface area contributed by atoms with Crippen LogP contribution in [0.1, 0.15) is 41.6 Å². The Morgan fingerprint density at radius 2 is 1.83 bits per heavy atom. The lowest BCUT2D eigenvalue weighted by Gasteiger charge is -2.17. The molecule has 1 atom stereocenters. The second kappa shape index (κ2) is 8.41. The largest absolute Gasteiger partial charge is 0.497 e. The number of carbonyl (C=O) groups excluding carboxylic acids is 1. The van der Waals surface area contributed by atoms with E-state index in [2.05, 4.69) is 0 Å². The molecule has 0 aromatic heterocycles. The molecule has 1 unspecified atom stereocenters. The molecule has 2 aromatic carbocycles. The summed E-state index contributed by atoms with van der Waals surface area (Å²) in [6.45, 7) is 2.04. The van der Waals surface area contributed by atoms with Crippen LogP contribution in [0.25, 0.3) is 0 Å². The average Bonchev–Trinajstić information content (AvgIpc) is 2.59. The maximum Gasteiger partial charge on any atom is 0.167 e. The summed E-state index contributed by atoms with van der Waals surface area (Å²) < 4.78 is 10.5. The minimum absolute atomic E-state index is 0.00682. The Kier molecular flexibility index (Phi) is 6.52. The molecule has 128 valence electrons. The van der Waals surface area contributed by atoms with Gasteiger partial charge in [-0.05, 0) is 42.2 Å². The molecule has 0 bridgehead atoms. The molecule has 0 fully saturated rings. The highest BCUT2D eigenvalue weighted by atomic mass is 35.5. The van der Waals surface area contributed by atoms with Gasteiger partial charge >= 0.3 is 0 Å². The molecule has 0 radical (unpaired) electrons. The summed E-state index contributed by atoms with van der Waals surface area (Å²) in [6, 6.07) is 10.6. The fraction of sp³-hybridized carbons (Fsp3) is 0.316. The number of hydrogen-bond acceptors (Lipinski definition) is 3. The van der Waals surface area contributed by atoms with E-state index < -0.39 is 0 Å². The maximum atomic E-state index is 12.8. The highest BCUT2D eigenvalue weighted by Crippen LogP contribution is 2.34. The number of ketones is 1. The summed E-state index contributed by atoms with van der Waals surface area (Å²) in [7, 11) is 3.12. The van der Waals surface area contributed by atoms with Gasteiger partial charge in [0.1, 0.15) is 11.5 Å². The summed E-state index contributed by atoms with van der Waals surface area (Å²) in [5, 5.41) is 1.17. The molecule has 0 heterocycles. The van der Waals surface area contributed by atoms with E-state index >= 15 is 0 Å². The normalized spacial score (nSPS) is 11.9. The summed E-state index contributed by atoms with van der Waals surface area (Å²) >= 11 is 12.2. The predicted octanol–water partition coefficient (Wildman–Crippen LogP) is 5.78. The number of Topliss-reactive ketones (excluding diaryl/α,β-unsaturated/α-hetero) is 1. The molecule has 24 heavy (non-hydrogen) atoms. The highest BCUT2D eigenvalue weighted by molar-refractivity contribution is 6.35. The van der Waals surface area contributed by atoms with Crippen LogP contribution in [0.2, 0.25) is 10.0 Å². The van der Waals surface area contributed by atoms with Gasteiger partial charge in [0.2, 0.25) is 0 Å². The van der Waals surface area contributed by atoms with Crippen LogP contribution in [0.3, 0.4) is 0 Å². The molecule has 0 N–H and O–H groups in total. The van der Waals surface area contributed by atoms with Gasteiger partial charge in [0.15, 0.2) is 5.78 Å². The molecule has 0 aliphatic heterocycles. The van der Waals surface area contributed by atoms with Crippen LogP contribution >= 0.6 is 23.2 Å². The van der Waals surface area contributed by atoms with Crippen LogP contribution in [0.15, 0.2) is 36.4 Å². The molecule has 0 amide bonds. The summed E-state index contributed by atoms with van der Waals surface area (Å²) in [4.78, 5) is 12.8. The quantitative estimate of drug-likeness (QED) is 0.582. The summed E-state index contributed by atoms with van der Waals surface area (Å²) in [5.74, 6) is 1.19. The minimum atomic E-state index is 0.00682. The van der Waals surface area contributed by atoms with Crippen molar-refractivity contribution in [2.75, 3.05) is 14.2 Å². The van der Waals surface area contributed by atoms with Crippen molar-refractivity contribution in [3.05, 3.63) is 57.6 Å². The third kappa shape index (κ3) is 4.22. The number of ether oxygens (including phenoxy) is 2. The van der Waals surface area contributed by atoms with Crippen LogP contribution in [-0.4, -0.2) is 20.0 Å². The van der Waals surface area contributed by atoms with Crippen molar-refractivity contribution in [3.63, 3.8) is 0 Å². The van der Waals surface area contributed by atoms with E-state index in [1.54, 1.807) is 44.6 Å². The van der Waals surface area contributed by atoms with Gasteiger partial charge in [0.05, 0.1) is 19.8 Å². The fourth-order valence-corrected chi connectivity index (χ4v) is 3.23. The minimum Gasteiger partial charge on any atom is -0.497 e. The van der Waals surface area contributed by atoms with Crippen LogP contribution in [-0.2, 0) is 0 Å². The molecular formula is C19H20Cl2O3. The number of methoxy groups -OCH3 is 2. The Hall–Kier alpha value is -1.71. The van der Waals surface area contributed by atoms with Gasteiger partial charge in [-0.2, -0.15) is 0 Å². The predicted molar refractivity (Wildman–Crippen MR) is 98.0 cm³/mol. The third-order valence-corrected chi connectivity index (χ3v) is 4.60. The zero-order chi connectivity index (χ0) is 17.7. The van der Waals surface area contributed by atoms with Crippen molar-refractivity contribution in [1.29, 1.82) is 0 Å². The molecule has 5 heteroatoms. The second-order valence-electron chi connectivity index (χ2n) is 5.46. The van der Waals surface area contributed by atoms with Crippen molar-refractivity contribution in [1.82, 2.24) is 0 Å². The number of rotatable bonds is 7. The fourth-order valence-electron chi connectivity index (χ4n) is 2.67. The van der Waals surface area contributed by atoms with Gasteiger partial charge in [-0.25, -0.2) is 0 Å². The van der Waals surface area contributed by atoms with Crippen molar-refractivity contribution in [2.24, 2.45) is 0 Å². The molecule has 0 aliphatic rings. The molecule has 0 aliphatic carbocycles. The first-order valence-corrected chi connectivity index (χ1v) is 8.45. The Morgan fingerprint density at radius 1 is 1.08 bits per heavy atom. The third-order valence-electron chi connectivity index (χ3n) is 4.04. The van der Waals surface area contributed by atoms with Crippen LogP contribution in [0.4, 0.5) is 0 Å². The Morgan fingerprint density at radius 3 is 2.42 bits per heavy atom. The van der Waals surface area contributed by atoms with Crippen molar-refractivity contribution < 1.29 is 14.3 Å². The lowest BCUT2D eigenvalue weighted by molar-refractivity contribution is 0.0970. The number of halogens is 2. The lowest BCUT2D eigenvalue weighted by Crippen LogP contribution is -2.09. The van der Waals surface area contributed by atoms with Crippen LogP contribution < -0.4 is 9.47 Å². The SMILES string of the molecule is CCC(CC(=O)c1ccc(OC)cc1OC)c1ccc(Cl)cc1Cl. The molecule has 0 saturated carbocycles. The highest BCUT2D eigenvalue weighted by Gasteiger charge is 2.21. The molecule has 3 nitrogen and oxygen atoms in total. The first-order valence-electron chi connectivity index (χ1n) is 7.70. The molecular weight excluding hydrogens is 347 g/mol. The molecule has 2 aromatic rings. The van der Waals surface area contributed by atoms with E-state index in [9.17, 15) is 4.79 Å². The monoisotopic (exact) mass is 366 g/mol. The van der Waals surface area contributed by atoms with Crippen LogP contribution in [0.5, 0.6) is 11.5 Å². The molecule has 0 spiro atoms. The van der Waals surface area contributed by atoms with E-state index in [0.29, 0.717) is 33.5 Å².